The van der Waals surface area contributed by atoms with Crippen LogP contribution < -0.4 is 4.74 Å². The molecule has 0 spiro atoms. The third-order valence-electron chi connectivity index (χ3n) is 4.74. The number of benzene rings is 1. The van der Waals surface area contributed by atoms with E-state index in [-0.39, 0.29) is 11.5 Å². The van der Waals surface area contributed by atoms with Crippen molar-refractivity contribution in [1.29, 1.82) is 0 Å². The van der Waals surface area contributed by atoms with Crippen LogP contribution in [0.5, 0.6) is 5.88 Å². The highest BCUT2D eigenvalue weighted by atomic mass is 32.2. The molecule has 1 saturated heterocycles. The van der Waals surface area contributed by atoms with Gasteiger partial charge in [-0.2, -0.15) is 9.29 Å². The Bertz CT molecular complexity index is 889. The van der Waals surface area contributed by atoms with Gasteiger partial charge in [-0.15, -0.1) is 0 Å². The Labute approximate surface area is 161 Å². The van der Waals surface area contributed by atoms with Crippen molar-refractivity contribution in [2.45, 2.75) is 57.0 Å². The van der Waals surface area contributed by atoms with Gasteiger partial charge >= 0.3 is 0 Å². The summed E-state index contributed by atoms with van der Waals surface area (Å²) in [5.74, 6) is 1.12. The number of aromatic nitrogens is 2. The van der Waals surface area contributed by atoms with Crippen molar-refractivity contribution in [2.24, 2.45) is 0 Å². The Balaban J connectivity index is 1.74. The predicted octanol–water partition coefficient (Wildman–Crippen LogP) is 3.31. The molecule has 0 amide bonds. The lowest BCUT2D eigenvalue weighted by Gasteiger charge is -2.32. The van der Waals surface area contributed by atoms with Gasteiger partial charge < -0.3 is 4.74 Å². The molecular weight excluding hydrogens is 362 g/mol. The Kier molecular flexibility index (Phi) is 5.53. The summed E-state index contributed by atoms with van der Waals surface area (Å²) in [5, 5.41) is 0. The van der Waals surface area contributed by atoms with Crippen LogP contribution in [0.3, 0.4) is 0 Å². The third kappa shape index (κ3) is 4.65. The highest BCUT2D eigenvalue weighted by Gasteiger charge is 2.31. The topological polar surface area (TPSA) is 72.4 Å². The lowest BCUT2D eigenvalue weighted by molar-refractivity contribution is 0.124. The fourth-order valence-corrected chi connectivity index (χ4v) is 4.68. The van der Waals surface area contributed by atoms with E-state index < -0.39 is 10.0 Å². The van der Waals surface area contributed by atoms with Crippen molar-refractivity contribution in [3.05, 3.63) is 47.9 Å². The van der Waals surface area contributed by atoms with Crippen molar-refractivity contribution < 1.29 is 13.2 Å². The van der Waals surface area contributed by atoms with Gasteiger partial charge in [0.1, 0.15) is 11.9 Å². The van der Waals surface area contributed by atoms with Crippen molar-refractivity contribution in [2.75, 3.05) is 13.1 Å². The van der Waals surface area contributed by atoms with Gasteiger partial charge in [-0.05, 0) is 42.9 Å². The molecule has 1 aliphatic heterocycles. The normalized spacial score (nSPS) is 19.0. The molecule has 27 heavy (non-hydrogen) atoms. The molecule has 2 aromatic rings. The fourth-order valence-electron chi connectivity index (χ4n) is 3.17. The van der Waals surface area contributed by atoms with Crippen molar-refractivity contribution in [3.8, 4) is 5.88 Å². The zero-order chi connectivity index (χ0) is 19.7. The van der Waals surface area contributed by atoms with Crippen LogP contribution in [-0.2, 0) is 15.4 Å². The molecule has 6 nitrogen and oxygen atoms in total. The van der Waals surface area contributed by atoms with Gasteiger partial charge in [0.05, 0.1) is 11.4 Å². The monoisotopic (exact) mass is 389 g/mol. The Morgan fingerprint density at radius 1 is 1.15 bits per heavy atom. The average Bonchev–Trinajstić information content (AvgIpc) is 2.61. The van der Waals surface area contributed by atoms with Crippen molar-refractivity contribution in [1.82, 2.24) is 14.3 Å². The minimum Gasteiger partial charge on any atom is -0.473 e. The van der Waals surface area contributed by atoms with Gasteiger partial charge in [0, 0.05) is 18.8 Å². The lowest BCUT2D eigenvalue weighted by Crippen LogP contribution is -2.44. The maximum absolute atomic E-state index is 13.0. The van der Waals surface area contributed by atoms with E-state index in [0.29, 0.717) is 29.7 Å². The summed E-state index contributed by atoms with van der Waals surface area (Å²) in [6, 6.07) is 8.90. The van der Waals surface area contributed by atoms with Crippen molar-refractivity contribution in [3.63, 3.8) is 0 Å². The van der Waals surface area contributed by atoms with Crippen LogP contribution >= 0.6 is 0 Å². The van der Waals surface area contributed by atoms with Gasteiger partial charge in [0.2, 0.25) is 15.9 Å². The van der Waals surface area contributed by atoms with E-state index in [1.807, 2.05) is 12.1 Å². The number of rotatable bonds is 4. The van der Waals surface area contributed by atoms with Gasteiger partial charge in [-0.1, -0.05) is 32.9 Å². The number of hydrogen-bond donors (Lipinski definition) is 0. The molecule has 1 unspecified atom stereocenters. The van der Waals surface area contributed by atoms with Crippen LogP contribution in [0.4, 0.5) is 0 Å². The van der Waals surface area contributed by atoms with Gasteiger partial charge in [-0.3, -0.25) is 0 Å². The van der Waals surface area contributed by atoms with Crippen LogP contribution in [-0.4, -0.2) is 41.9 Å². The fraction of sp³-hybridized carbons (Fsp3) is 0.500. The van der Waals surface area contributed by atoms with Crippen LogP contribution in [0.25, 0.3) is 0 Å². The van der Waals surface area contributed by atoms with Gasteiger partial charge in [0.25, 0.3) is 0 Å². The highest BCUT2D eigenvalue weighted by molar-refractivity contribution is 7.89. The van der Waals surface area contributed by atoms with E-state index in [1.54, 1.807) is 31.3 Å². The maximum Gasteiger partial charge on any atom is 0.243 e. The maximum atomic E-state index is 13.0. The standard InChI is InChI=1S/C20H27N3O3S/c1-15-21-12-11-19(22-15)26-17-6-5-13-23(14-17)27(24,25)18-9-7-16(8-10-18)20(2,3)4/h7-12,17H,5-6,13-14H2,1-4H3. The molecule has 0 bridgehead atoms. The van der Waals surface area contributed by atoms with E-state index in [9.17, 15) is 8.42 Å². The largest absolute Gasteiger partial charge is 0.473 e. The Hall–Kier alpha value is -1.99. The number of nitrogens with zero attached hydrogens (tertiary/aromatic N) is 3. The molecule has 1 aromatic heterocycles. The molecule has 1 fully saturated rings. The molecule has 0 radical (unpaired) electrons. The molecule has 0 saturated carbocycles. The van der Waals surface area contributed by atoms with E-state index in [1.165, 1.54) is 4.31 Å². The quantitative estimate of drug-likeness (QED) is 0.802. The summed E-state index contributed by atoms with van der Waals surface area (Å²) in [6.07, 6.45) is 2.99. The van der Waals surface area contributed by atoms with Crippen LogP contribution in [0.15, 0.2) is 41.4 Å². The first-order chi connectivity index (χ1) is 12.7. The van der Waals surface area contributed by atoms with Gasteiger partial charge in [-0.25, -0.2) is 13.4 Å². The summed E-state index contributed by atoms with van der Waals surface area (Å²) >= 11 is 0. The van der Waals surface area contributed by atoms with E-state index in [4.69, 9.17) is 4.74 Å². The molecular formula is C20H27N3O3S. The summed E-state index contributed by atoms with van der Waals surface area (Å²) in [7, 11) is -3.54. The molecule has 146 valence electrons. The lowest BCUT2D eigenvalue weighted by atomic mass is 9.87. The summed E-state index contributed by atoms with van der Waals surface area (Å²) in [5.41, 5.74) is 1.10. The number of ether oxygens (including phenoxy) is 1. The molecule has 3 rings (SSSR count). The zero-order valence-electron chi connectivity index (χ0n) is 16.3. The highest BCUT2D eigenvalue weighted by Crippen LogP contribution is 2.26. The van der Waals surface area contributed by atoms with Crippen molar-refractivity contribution >= 4 is 10.0 Å². The summed E-state index contributed by atoms with van der Waals surface area (Å²) in [6.45, 7) is 8.96. The zero-order valence-corrected chi connectivity index (χ0v) is 17.2. The van der Waals surface area contributed by atoms with E-state index in [0.717, 1.165) is 18.4 Å². The minimum atomic E-state index is -3.54. The molecule has 1 aliphatic rings. The molecule has 1 aromatic carbocycles. The van der Waals surface area contributed by atoms with Crippen LogP contribution in [0.1, 0.15) is 45.0 Å². The number of sulfonamides is 1. The number of aryl methyl sites for hydroxylation is 1. The summed E-state index contributed by atoms with van der Waals surface area (Å²) < 4.78 is 33.5. The Morgan fingerprint density at radius 3 is 2.48 bits per heavy atom. The van der Waals surface area contributed by atoms with E-state index >= 15 is 0 Å². The Morgan fingerprint density at radius 2 is 1.85 bits per heavy atom. The van der Waals surface area contributed by atoms with Crippen LogP contribution in [0, 0.1) is 6.92 Å². The number of hydrogen-bond acceptors (Lipinski definition) is 5. The average molecular weight is 390 g/mol. The molecule has 2 heterocycles. The minimum absolute atomic E-state index is 0.0119. The summed E-state index contributed by atoms with van der Waals surface area (Å²) in [4.78, 5) is 8.63. The first kappa shape index (κ1) is 19.8. The SMILES string of the molecule is Cc1nccc(OC2CCCN(S(=O)(=O)c3ccc(C(C)(C)C)cc3)C2)n1. The predicted molar refractivity (Wildman–Crippen MR) is 104 cm³/mol. The first-order valence-corrected chi connectivity index (χ1v) is 10.7. The second-order valence-electron chi connectivity index (χ2n) is 7.96. The van der Waals surface area contributed by atoms with Crippen LogP contribution in [0.2, 0.25) is 0 Å². The third-order valence-corrected chi connectivity index (χ3v) is 6.62. The first-order valence-electron chi connectivity index (χ1n) is 9.23. The molecule has 0 N–H and O–H groups in total. The molecule has 0 aliphatic carbocycles. The second-order valence-corrected chi connectivity index (χ2v) is 9.90. The second kappa shape index (κ2) is 7.56. The van der Waals surface area contributed by atoms with Gasteiger partial charge in [0.15, 0.2) is 0 Å². The smallest absolute Gasteiger partial charge is 0.243 e. The molecule has 7 heteroatoms. The van der Waals surface area contributed by atoms with E-state index in [2.05, 4.69) is 30.7 Å². The molecule has 1 atom stereocenters. The number of piperidine rings is 1.